The Morgan fingerprint density at radius 1 is 0.947 bits per heavy atom. The number of H-pyrrole nitrogens is 2. The normalized spacial score (nSPS) is 11.1. The first kappa shape index (κ1) is 11.8. The summed E-state index contributed by atoms with van der Waals surface area (Å²) in [6, 6.07) is 13.4. The third-order valence-electron chi connectivity index (χ3n) is 3.40. The van der Waals surface area contributed by atoms with Crippen LogP contribution in [0.2, 0.25) is 0 Å². The number of hydrogen-bond donors (Lipinski definition) is 2. The molecule has 3 aromatic rings. The van der Waals surface area contributed by atoms with Gasteiger partial charge in [-0.05, 0) is 48.4 Å². The van der Waals surface area contributed by atoms with Crippen LogP contribution >= 0.6 is 0 Å². The summed E-state index contributed by atoms with van der Waals surface area (Å²) in [5, 5.41) is 0. The number of aromatic amines is 2. The first-order chi connectivity index (χ1) is 9.25. The van der Waals surface area contributed by atoms with Crippen LogP contribution in [0, 0.1) is 12.7 Å². The van der Waals surface area contributed by atoms with Crippen LogP contribution in [-0.2, 0) is 0 Å². The van der Waals surface area contributed by atoms with Crippen molar-refractivity contribution < 1.29 is 4.39 Å². The van der Waals surface area contributed by atoms with E-state index in [9.17, 15) is 4.39 Å². The van der Waals surface area contributed by atoms with Crippen molar-refractivity contribution >= 4 is 0 Å². The largest absolute Gasteiger partial charge is 0.364 e. The molecule has 0 spiro atoms. The summed E-state index contributed by atoms with van der Waals surface area (Å²) in [6.07, 6.45) is 3.77. The summed E-state index contributed by atoms with van der Waals surface area (Å²) in [5.74, 6) is -0.166. The minimum Gasteiger partial charge on any atom is -0.364 e. The molecule has 0 aliphatic heterocycles. The minimum absolute atomic E-state index is 0.0000926. The maximum atomic E-state index is 13.8. The summed E-state index contributed by atoms with van der Waals surface area (Å²) in [7, 11) is 0. The zero-order valence-corrected chi connectivity index (χ0v) is 10.7. The van der Waals surface area contributed by atoms with Gasteiger partial charge in [0.2, 0.25) is 0 Å². The maximum Gasteiger partial charge on any atom is 0.126 e. The average Bonchev–Trinajstić information content (AvgIpc) is 3.07. The van der Waals surface area contributed by atoms with Crippen molar-refractivity contribution in [1.29, 1.82) is 0 Å². The Labute approximate surface area is 111 Å². The van der Waals surface area contributed by atoms with Crippen LogP contribution in [0.25, 0.3) is 0 Å². The summed E-state index contributed by atoms with van der Waals surface area (Å²) in [6.45, 7) is 1.78. The molecule has 0 saturated heterocycles. The molecule has 0 atom stereocenters. The van der Waals surface area contributed by atoms with Gasteiger partial charge in [-0.2, -0.15) is 0 Å². The van der Waals surface area contributed by atoms with Crippen LogP contribution < -0.4 is 0 Å². The summed E-state index contributed by atoms with van der Waals surface area (Å²) < 4.78 is 13.8. The van der Waals surface area contributed by atoms with Gasteiger partial charge in [0.05, 0.1) is 5.92 Å². The molecule has 2 nitrogen and oxygen atoms in total. The smallest absolute Gasteiger partial charge is 0.126 e. The first-order valence-corrected chi connectivity index (χ1v) is 6.28. The van der Waals surface area contributed by atoms with Gasteiger partial charge in [-0.25, -0.2) is 4.39 Å². The highest BCUT2D eigenvalue weighted by atomic mass is 19.1. The molecule has 0 unspecified atom stereocenters. The van der Waals surface area contributed by atoms with E-state index in [2.05, 4.69) is 9.97 Å². The maximum absolute atomic E-state index is 13.8. The molecule has 0 saturated carbocycles. The molecule has 2 N–H and O–H groups in total. The van der Waals surface area contributed by atoms with Crippen molar-refractivity contribution in [2.45, 2.75) is 12.8 Å². The van der Waals surface area contributed by atoms with Gasteiger partial charge in [0.1, 0.15) is 5.82 Å². The molecule has 1 aromatic carbocycles. The van der Waals surface area contributed by atoms with E-state index in [0.29, 0.717) is 5.56 Å². The highest BCUT2D eigenvalue weighted by molar-refractivity contribution is 5.39. The number of aromatic nitrogens is 2. The van der Waals surface area contributed by atoms with Crippen molar-refractivity contribution in [3.8, 4) is 0 Å². The number of benzene rings is 1. The third-order valence-corrected chi connectivity index (χ3v) is 3.40. The van der Waals surface area contributed by atoms with Crippen molar-refractivity contribution in [2.24, 2.45) is 0 Å². The van der Waals surface area contributed by atoms with Crippen LogP contribution in [0.4, 0.5) is 4.39 Å². The first-order valence-electron chi connectivity index (χ1n) is 6.28. The molecule has 2 heterocycles. The second-order valence-electron chi connectivity index (χ2n) is 4.69. The molecule has 0 aliphatic carbocycles. The van der Waals surface area contributed by atoms with Gasteiger partial charge < -0.3 is 9.97 Å². The van der Waals surface area contributed by atoms with E-state index in [-0.39, 0.29) is 11.7 Å². The van der Waals surface area contributed by atoms with E-state index in [1.165, 1.54) is 0 Å². The number of nitrogens with one attached hydrogen (secondary N) is 2. The second-order valence-corrected chi connectivity index (χ2v) is 4.69. The summed E-state index contributed by atoms with van der Waals surface area (Å²) in [5.41, 5.74) is 3.70. The molecular formula is C16H15FN2. The molecule has 3 rings (SSSR count). The van der Waals surface area contributed by atoms with Crippen molar-refractivity contribution in [3.63, 3.8) is 0 Å². The average molecular weight is 254 g/mol. The van der Waals surface area contributed by atoms with Crippen LogP contribution in [-0.4, -0.2) is 9.97 Å². The number of aryl methyl sites for hydroxylation is 1. The van der Waals surface area contributed by atoms with Gasteiger partial charge in [0.25, 0.3) is 0 Å². The third kappa shape index (κ3) is 2.19. The van der Waals surface area contributed by atoms with E-state index in [4.69, 9.17) is 0 Å². The van der Waals surface area contributed by atoms with E-state index in [1.54, 1.807) is 13.0 Å². The number of halogens is 1. The van der Waals surface area contributed by atoms with Crippen LogP contribution in [0.15, 0.2) is 54.9 Å². The molecule has 3 heteroatoms. The highest BCUT2D eigenvalue weighted by Gasteiger charge is 2.19. The lowest BCUT2D eigenvalue weighted by molar-refractivity contribution is 0.615. The van der Waals surface area contributed by atoms with Gasteiger partial charge in [-0.3, -0.25) is 0 Å². The summed E-state index contributed by atoms with van der Waals surface area (Å²) >= 11 is 0. The minimum atomic E-state index is -0.166. The topological polar surface area (TPSA) is 31.6 Å². The fourth-order valence-corrected chi connectivity index (χ4v) is 2.36. The van der Waals surface area contributed by atoms with E-state index in [1.807, 2.05) is 48.8 Å². The second kappa shape index (κ2) is 4.76. The fraction of sp³-hybridized carbons (Fsp3) is 0.125. The number of hydrogen-bond acceptors (Lipinski definition) is 0. The Balaban J connectivity index is 2.12. The molecule has 2 aromatic heterocycles. The van der Waals surface area contributed by atoms with Crippen molar-refractivity contribution in [2.75, 3.05) is 0 Å². The van der Waals surface area contributed by atoms with Gasteiger partial charge in [-0.15, -0.1) is 0 Å². The van der Waals surface area contributed by atoms with Crippen LogP contribution in [0.5, 0.6) is 0 Å². The van der Waals surface area contributed by atoms with E-state index < -0.39 is 0 Å². The molecule has 0 aliphatic rings. The lowest BCUT2D eigenvalue weighted by Crippen LogP contribution is -2.05. The Morgan fingerprint density at radius 3 is 2.05 bits per heavy atom. The van der Waals surface area contributed by atoms with Crippen molar-refractivity contribution in [1.82, 2.24) is 9.97 Å². The quantitative estimate of drug-likeness (QED) is 0.708. The lowest BCUT2D eigenvalue weighted by atomic mass is 9.92. The van der Waals surface area contributed by atoms with Crippen LogP contribution in [0.3, 0.4) is 0 Å². The van der Waals surface area contributed by atoms with Gasteiger partial charge in [0.15, 0.2) is 0 Å². The Hall–Kier alpha value is -2.29. The summed E-state index contributed by atoms with van der Waals surface area (Å²) in [4.78, 5) is 6.43. The molecule has 0 amide bonds. The lowest BCUT2D eigenvalue weighted by Gasteiger charge is -2.16. The molecular weight excluding hydrogens is 239 g/mol. The van der Waals surface area contributed by atoms with Crippen molar-refractivity contribution in [3.05, 3.63) is 83.2 Å². The highest BCUT2D eigenvalue weighted by Crippen LogP contribution is 2.30. The zero-order chi connectivity index (χ0) is 13.2. The monoisotopic (exact) mass is 254 g/mol. The predicted octanol–water partition coefficient (Wildman–Crippen LogP) is 3.97. The predicted molar refractivity (Wildman–Crippen MR) is 73.7 cm³/mol. The molecule has 0 bridgehead atoms. The molecule has 19 heavy (non-hydrogen) atoms. The van der Waals surface area contributed by atoms with Gasteiger partial charge in [-0.1, -0.05) is 12.1 Å². The van der Waals surface area contributed by atoms with E-state index >= 15 is 0 Å². The van der Waals surface area contributed by atoms with Crippen LogP contribution in [0.1, 0.15) is 28.4 Å². The SMILES string of the molecule is Cc1ccc(C(c2ccc[nH]2)c2ccc[nH]2)cc1F. The fourth-order valence-electron chi connectivity index (χ4n) is 2.36. The molecule has 96 valence electrons. The Kier molecular flexibility index (Phi) is 2.95. The number of rotatable bonds is 3. The van der Waals surface area contributed by atoms with Gasteiger partial charge in [0, 0.05) is 23.8 Å². The zero-order valence-electron chi connectivity index (χ0n) is 10.7. The Morgan fingerprint density at radius 2 is 1.58 bits per heavy atom. The molecule has 0 fully saturated rings. The standard InChI is InChI=1S/C16H15FN2/c1-11-6-7-12(10-13(11)17)16(14-4-2-8-18-14)15-5-3-9-19-15/h2-10,16,18-19H,1H3. The molecule has 0 radical (unpaired) electrons. The van der Waals surface area contributed by atoms with E-state index in [0.717, 1.165) is 17.0 Å². The van der Waals surface area contributed by atoms with Gasteiger partial charge >= 0.3 is 0 Å². The Bertz CT molecular complexity index is 620.